The number of phenols is 1. The Morgan fingerprint density at radius 1 is 0.667 bits per heavy atom. The van der Waals surface area contributed by atoms with Crippen molar-refractivity contribution in [3.05, 3.63) is 41.0 Å². The topological polar surface area (TPSA) is 67.2 Å². The second-order valence-electron chi connectivity index (χ2n) is 11.6. The smallest absolute Gasteiger partial charge is 0.303 e. The normalized spacial score (nSPS) is 11.5. The largest absolute Gasteiger partial charge is 0.508 e. The predicted molar refractivity (Wildman–Crippen MR) is 167 cm³/mol. The number of benzene rings is 1. The van der Waals surface area contributed by atoms with Crippen molar-refractivity contribution in [3.8, 4) is 5.75 Å². The number of allylic oxidation sites excluding steroid dienone is 2. The molecule has 0 bridgehead atoms. The summed E-state index contributed by atoms with van der Waals surface area (Å²) in [6.45, 7) is 4.76. The summed E-state index contributed by atoms with van der Waals surface area (Å²) >= 11 is 0. The van der Waals surface area contributed by atoms with Gasteiger partial charge in [0.25, 0.3) is 0 Å². The molecule has 1 aromatic rings. The number of carbonyl (C=O) groups is 1. The number of hydrogen-bond donors (Lipinski definition) is 2. The highest BCUT2D eigenvalue weighted by atomic mass is 16.4. The van der Waals surface area contributed by atoms with Crippen LogP contribution in [-0.2, 0) is 24.4 Å². The molecule has 0 aliphatic carbocycles. The average molecular weight is 548 g/mol. The number of phenolic OH excluding ortho intramolecular Hbond substituents is 1. The zero-order valence-electron chi connectivity index (χ0n) is 26.5. The monoisotopic (exact) mass is 547 g/mol. The standard InChI is InChI=1S/C18H34O2.C15H27N3O/c1-2-3-4-5-6-7-8-9-10-11-12-13-14-15-16-17-18(19)20;1-16(2)9-12-7-8-15(19)14(11-18(5)6)13(12)10-17(3)4/h9-10H,2-8,11-17H2,1H3,(H,19,20);7-8,19H,9-11H2,1-6H3. The van der Waals surface area contributed by atoms with Gasteiger partial charge in [-0.05, 0) is 91.6 Å². The first-order chi connectivity index (χ1) is 18.6. The quantitative estimate of drug-likeness (QED) is 0.121. The van der Waals surface area contributed by atoms with Gasteiger partial charge in [-0.3, -0.25) is 4.79 Å². The van der Waals surface area contributed by atoms with Crippen LogP contribution in [0, 0.1) is 0 Å². The fourth-order valence-corrected chi connectivity index (χ4v) is 4.57. The number of carboxylic acid groups (broad SMARTS) is 1. The maximum absolute atomic E-state index is 10.3. The lowest BCUT2D eigenvalue weighted by Gasteiger charge is -2.23. The molecule has 0 amide bonds. The summed E-state index contributed by atoms with van der Waals surface area (Å²) in [6, 6.07) is 3.85. The summed E-state index contributed by atoms with van der Waals surface area (Å²) in [6.07, 6.45) is 21.2. The number of aliphatic carboxylic acids is 1. The van der Waals surface area contributed by atoms with E-state index in [2.05, 4.69) is 62.0 Å². The molecule has 0 aromatic heterocycles. The first-order valence-corrected chi connectivity index (χ1v) is 15.2. The van der Waals surface area contributed by atoms with Crippen molar-refractivity contribution < 1.29 is 15.0 Å². The zero-order valence-corrected chi connectivity index (χ0v) is 26.5. The van der Waals surface area contributed by atoms with Gasteiger partial charge in [-0.15, -0.1) is 0 Å². The number of unbranched alkanes of at least 4 members (excludes halogenated alkanes) is 11. The van der Waals surface area contributed by atoms with Gasteiger partial charge < -0.3 is 24.9 Å². The van der Waals surface area contributed by atoms with Crippen LogP contribution in [0.3, 0.4) is 0 Å². The molecule has 0 saturated carbocycles. The molecule has 6 nitrogen and oxygen atoms in total. The summed E-state index contributed by atoms with van der Waals surface area (Å²) in [5.41, 5.74) is 3.57. The minimum atomic E-state index is -0.664. The van der Waals surface area contributed by atoms with Gasteiger partial charge in [0.15, 0.2) is 0 Å². The van der Waals surface area contributed by atoms with Gasteiger partial charge in [-0.2, -0.15) is 0 Å². The molecule has 0 spiro atoms. The van der Waals surface area contributed by atoms with Crippen LogP contribution in [0.1, 0.15) is 114 Å². The van der Waals surface area contributed by atoms with Gasteiger partial charge in [-0.25, -0.2) is 0 Å². The summed E-state index contributed by atoms with van der Waals surface area (Å²) in [5, 5.41) is 18.7. The van der Waals surface area contributed by atoms with Crippen molar-refractivity contribution >= 4 is 5.97 Å². The van der Waals surface area contributed by atoms with Gasteiger partial charge in [0.05, 0.1) is 0 Å². The summed E-state index contributed by atoms with van der Waals surface area (Å²) in [5.74, 6) is -0.268. The molecule has 0 fully saturated rings. The third-order valence-electron chi connectivity index (χ3n) is 6.59. The van der Waals surface area contributed by atoms with Crippen molar-refractivity contribution in [2.75, 3.05) is 42.3 Å². The molecular weight excluding hydrogens is 486 g/mol. The highest BCUT2D eigenvalue weighted by Crippen LogP contribution is 2.27. The number of hydrogen-bond acceptors (Lipinski definition) is 5. The third kappa shape index (κ3) is 21.6. The summed E-state index contributed by atoms with van der Waals surface area (Å²) in [7, 11) is 12.3. The second kappa shape index (κ2) is 24.0. The molecule has 1 rings (SSSR count). The fourth-order valence-electron chi connectivity index (χ4n) is 4.57. The molecular formula is C33H61N3O3. The van der Waals surface area contributed by atoms with Crippen LogP contribution in [-0.4, -0.2) is 73.2 Å². The molecule has 0 atom stereocenters. The molecule has 0 radical (unpaired) electrons. The van der Waals surface area contributed by atoms with Crippen LogP contribution in [0.4, 0.5) is 0 Å². The van der Waals surface area contributed by atoms with Gasteiger partial charge in [-0.1, -0.05) is 76.5 Å². The van der Waals surface area contributed by atoms with Gasteiger partial charge in [0.2, 0.25) is 0 Å². The molecule has 0 unspecified atom stereocenters. The van der Waals surface area contributed by atoms with Crippen LogP contribution >= 0.6 is 0 Å². The minimum Gasteiger partial charge on any atom is -0.508 e. The first-order valence-electron chi connectivity index (χ1n) is 15.2. The molecule has 0 aliphatic rings. The Bertz CT molecular complexity index is 776. The minimum absolute atomic E-state index is 0.332. The molecule has 226 valence electrons. The second-order valence-corrected chi connectivity index (χ2v) is 11.6. The third-order valence-corrected chi connectivity index (χ3v) is 6.59. The lowest BCUT2D eigenvalue weighted by molar-refractivity contribution is -0.137. The molecule has 0 heterocycles. The van der Waals surface area contributed by atoms with Crippen molar-refractivity contribution in [1.82, 2.24) is 14.7 Å². The Morgan fingerprint density at radius 3 is 1.62 bits per heavy atom. The maximum Gasteiger partial charge on any atom is 0.303 e. The van der Waals surface area contributed by atoms with E-state index < -0.39 is 5.97 Å². The summed E-state index contributed by atoms with van der Waals surface area (Å²) in [4.78, 5) is 16.7. The van der Waals surface area contributed by atoms with E-state index in [-0.39, 0.29) is 0 Å². The van der Waals surface area contributed by atoms with E-state index in [4.69, 9.17) is 5.11 Å². The summed E-state index contributed by atoms with van der Waals surface area (Å²) < 4.78 is 0. The van der Waals surface area contributed by atoms with E-state index in [0.29, 0.717) is 12.2 Å². The Labute approximate surface area is 241 Å². The number of carboxylic acids is 1. The molecule has 1 aromatic carbocycles. The van der Waals surface area contributed by atoms with Gasteiger partial charge >= 0.3 is 5.97 Å². The van der Waals surface area contributed by atoms with Crippen LogP contribution in [0.5, 0.6) is 5.75 Å². The lowest BCUT2D eigenvalue weighted by atomic mass is 9.98. The fraction of sp³-hybridized carbons (Fsp3) is 0.727. The number of nitrogens with zero attached hydrogens (tertiary/aromatic N) is 3. The molecule has 2 N–H and O–H groups in total. The van der Waals surface area contributed by atoms with Crippen molar-refractivity contribution in [2.45, 2.75) is 116 Å². The van der Waals surface area contributed by atoms with Crippen molar-refractivity contribution in [1.29, 1.82) is 0 Å². The van der Waals surface area contributed by atoms with Gasteiger partial charge in [0.1, 0.15) is 5.75 Å². The van der Waals surface area contributed by atoms with Crippen molar-refractivity contribution in [2.24, 2.45) is 0 Å². The molecule has 0 aliphatic heterocycles. The van der Waals surface area contributed by atoms with E-state index in [0.717, 1.165) is 38.0 Å². The van der Waals surface area contributed by atoms with Crippen LogP contribution < -0.4 is 0 Å². The van der Waals surface area contributed by atoms with E-state index in [1.807, 2.05) is 26.2 Å². The highest BCUT2D eigenvalue weighted by Gasteiger charge is 2.15. The Kier molecular flexibility index (Phi) is 22.8. The molecule has 39 heavy (non-hydrogen) atoms. The SMILES string of the molecule is CCCCCCCCC=CCCCCCCCC(=O)O.CN(C)Cc1ccc(O)c(CN(C)C)c1CN(C)C. The van der Waals surface area contributed by atoms with Crippen molar-refractivity contribution in [3.63, 3.8) is 0 Å². The highest BCUT2D eigenvalue weighted by molar-refractivity contribution is 5.66. The number of rotatable bonds is 21. The van der Waals surface area contributed by atoms with E-state index in [1.165, 1.54) is 81.8 Å². The maximum atomic E-state index is 10.3. The molecule has 0 saturated heterocycles. The van der Waals surface area contributed by atoms with E-state index >= 15 is 0 Å². The zero-order chi connectivity index (χ0) is 29.5. The predicted octanol–water partition coefficient (Wildman–Crippen LogP) is 7.69. The van der Waals surface area contributed by atoms with E-state index in [1.54, 1.807) is 0 Å². The van der Waals surface area contributed by atoms with Gasteiger partial charge in [0, 0.05) is 31.6 Å². The van der Waals surface area contributed by atoms with E-state index in [9.17, 15) is 9.90 Å². The van der Waals surface area contributed by atoms with Crippen LogP contribution in [0.15, 0.2) is 24.3 Å². The van der Waals surface area contributed by atoms with Crippen LogP contribution in [0.25, 0.3) is 0 Å². The Hall–Kier alpha value is -1.89. The first kappa shape index (κ1) is 37.1. The Balaban J connectivity index is 0.000000741. The average Bonchev–Trinajstić information content (AvgIpc) is 2.85. The van der Waals surface area contributed by atoms with Crippen LogP contribution in [0.2, 0.25) is 0 Å². The molecule has 6 heteroatoms. The Morgan fingerprint density at radius 2 is 1.13 bits per heavy atom. The number of aromatic hydroxyl groups is 1. The lowest BCUT2D eigenvalue weighted by Crippen LogP contribution is -2.20.